The number of benzene rings is 2. The summed E-state index contributed by atoms with van der Waals surface area (Å²) >= 11 is 5.99. The number of esters is 1. The van der Waals surface area contributed by atoms with Crippen LogP contribution in [0.3, 0.4) is 0 Å². The summed E-state index contributed by atoms with van der Waals surface area (Å²) in [5, 5.41) is 18.2. The maximum atomic E-state index is 12.8. The van der Waals surface area contributed by atoms with E-state index < -0.39 is 22.9 Å². The maximum absolute atomic E-state index is 12.8. The van der Waals surface area contributed by atoms with Gasteiger partial charge in [0.1, 0.15) is 0 Å². The van der Waals surface area contributed by atoms with Crippen LogP contribution in [0, 0.1) is 10.1 Å². The van der Waals surface area contributed by atoms with Crippen molar-refractivity contribution in [3.8, 4) is 0 Å². The minimum absolute atomic E-state index is 0.00818. The average Bonchev–Trinajstić information content (AvgIpc) is 2.77. The normalized spacial score (nSPS) is 11.7. The van der Waals surface area contributed by atoms with Crippen molar-refractivity contribution in [3.63, 3.8) is 0 Å². The number of aromatic nitrogens is 2. The van der Waals surface area contributed by atoms with Crippen molar-refractivity contribution >= 4 is 45.6 Å². The van der Waals surface area contributed by atoms with Crippen molar-refractivity contribution in [2.75, 3.05) is 5.32 Å². The van der Waals surface area contributed by atoms with Crippen molar-refractivity contribution in [2.24, 2.45) is 0 Å². The average molecular weight is 459 g/mol. The summed E-state index contributed by atoms with van der Waals surface area (Å²) < 4.78 is 6.45. The van der Waals surface area contributed by atoms with Crippen molar-refractivity contribution in [1.29, 1.82) is 0 Å². The van der Waals surface area contributed by atoms with Gasteiger partial charge in [-0.05, 0) is 25.5 Å². The molecule has 0 aliphatic rings. The number of rotatable bonds is 7. The summed E-state index contributed by atoms with van der Waals surface area (Å²) in [4.78, 5) is 48.2. The van der Waals surface area contributed by atoms with Gasteiger partial charge in [-0.3, -0.25) is 19.7 Å². The molecule has 0 bridgehead atoms. The second-order valence-corrected chi connectivity index (χ2v) is 7.29. The van der Waals surface area contributed by atoms with Crippen molar-refractivity contribution in [3.05, 3.63) is 73.6 Å². The Morgan fingerprint density at radius 3 is 2.59 bits per heavy atom. The highest BCUT2D eigenvalue weighted by Crippen LogP contribution is 2.27. The molecule has 1 N–H and O–H groups in total. The van der Waals surface area contributed by atoms with E-state index in [4.69, 9.17) is 16.3 Å². The third-order valence-corrected chi connectivity index (χ3v) is 4.90. The lowest BCUT2D eigenvalue weighted by Crippen LogP contribution is -2.32. The molecule has 0 spiro atoms. The summed E-state index contributed by atoms with van der Waals surface area (Å²) in [5.74, 6) is -1.63. The number of nitro benzene ring substituents is 1. The fourth-order valence-electron chi connectivity index (χ4n) is 2.98. The van der Waals surface area contributed by atoms with Crippen LogP contribution >= 0.6 is 11.6 Å². The molecule has 32 heavy (non-hydrogen) atoms. The third kappa shape index (κ3) is 4.75. The molecule has 1 unspecified atom stereocenters. The molecule has 1 atom stereocenters. The zero-order valence-electron chi connectivity index (χ0n) is 17.2. The first kappa shape index (κ1) is 22.9. The van der Waals surface area contributed by atoms with Gasteiger partial charge < -0.3 is 10.1 Å². The van der Waals surface area contributed by atoms with E-state index in [-0.39, 0.29) is 27.7 Å². The Morgan fingerprint density at radius 2 is 1.94 bits per heavy atom. The van der Waals surface area contributed by atoms with Crippen LogP contribution in [0.1, 0.15) is 30.8 Å². The molecule has 0 aliphatic carbocycles. The number of carbonyl (C=O) groups excluding carboxylic acids is 2. The van der Waals surface area contributed by atoms with Crippen molar-refractivity contribution in [2.45, 2.75) is 32.9 Å². The molecular weight excluding hydrogens is 440 g/mol. The highest BCUT2D eigenvalue weighted by Gasteiger charge is 2.24. The van der Waals surface area contributed by atoms with E-state index in [1.54, 1.807) is 24.3 Å². The van der Waals surface area contributed by atoms with Crippen LogP contribution in [0.2, 0.25) is 5.02 Å². The Bertz CT molecular complexity index is 1270. The number of non-ortho nitro benzene ring substituents is 1. The van der Waals surface area contributed by atoms with Gasteiger partial charge in [-0.25, -0.2) is 9.48 Å². The van der Waals surface area contributed by atoms with Crippen LogP contribution in [-0.2, 0) is 16.1 Å². The van der Waals surface area contributed by atoms with Gasteiger partial charge in [-0.15, -0.1) is 0 Å². The monoisotopic (exact) mass is 458 g/mol. The number of anilines is 1. The van der Waals surface area contributed by atoms with Crippen LogP contribution in [0.15, 0.2) is 47.3 Å². The molecule has 1 aromatic heterocycles. The van der Waals surface area contributed by atoms with E-state index in [1.807, 2.05) is 6.92 Å². The standard InChI is InChI=1S/C21H19ClN4O6/c1-3-10-25-20(28)15-7-5-4-6-14(15)18(24-25)21(29)32-12(2)19(27)23-17-11-13(26(30)31)8-9-16(17)22/h4-9,11-12H,3,10H2,1-2H3,(H,23,27). The molecule has 2 aromatic carbocycles. The van der Waals surface area contributed by atoms with Crippen LogP contribution in [-0.4, -0.2) is 32.7 Å². The number of amides is 1. The molecule has 0 radical (unpaired) electrons. The molecule has 166 valence electrons. The number of halogens is 1. The van der Waals surface area contributed by atoms with Crippen LogP contribution < -0.4 is 10.9 Å². The fraction of sp³-hybridized carbons (Fsp3) is 0.238. The Kier molecular flexibility index (Phi) is 6.84. The Balaban J connectivity index is 1.84. The number of aryl methyl sites for hydroxylation is 1. The number of nitrogens with one attached hydrogen (secondary N) is 1. The molecule has 1 heterocycles. The lowest BCUT2D eigenvalue weighted by molar-refractivity contribution is -0.384. The van der Waals surface area contributed by atoms with Gasteiger partial charge in [0, 0.05) is 24.1 Å². The van der Waals surface area contributed by atoms with E-state index in [0.29, 0.717) is 23.7 Å². The summed E-state index contributed by atoms with van der Waals surface area (Å²) in [7, 11) is 0. The van der Waals surface area contributed by atoms with Crippen molar-refractivity contribution in [1.82, 2.24) is 9.78 Å². The Morgan fingerprint density at radius 1 is 1.25 bits per heavy atom. The lowest BCUT2D eigenvalue weighted by Gasteiger charge is -2.15. The van der Waals surface area contributed by atoms with Crippen LogP contribution in [0.5, 0.6) is 0 Å². The summed E-state index contributed by atoms with van der Waals surface area (Å²) in [5.41, 5.74) is -0.677. The van der Waals surface area contributed by atoms with Gasteiger partial charge in [0.2, 0.25) is 0 Å². The zero-order chi connectivity index (χ0) is 23.4. The zero-order valence-corrected chi connectivity index (χ0v) is 18.0. The first-order valence-electron chi connectivity index (χ1n) is 9.68. The molecule has 1 amide bonds. The molecule has 0 saturated heterocycles. The van der Waals surface area contributed by atoms with Gasteiger partial charge in [-0.1, -0.05) is 36.7 Å². The number of fused-ring (bicyclic) bond motifs is 1. The lowest BCUT2D eigenvalue weighted by atomic mass is 10.1. The van der Waals surface area contributed by atoms with E-state index in [2.05, 4.69) is 10.4 Å². The maximum Gasteiger partial charge on any atom is 0.360 e. The topological polar surface area (TPSA) is 133 Å². The second kappa shape index (κ2) is 9.56. The van der Waals surface area contributed by atoms with Gasteiger partial charge in [-0.2, -0.15) is 5.10 Å². The van der Waals surface area contributed by atoms with Crippen molar-refractivity contribution < 1.29 is 19.2 Å². The quantitative estimate of drug-likeness (QED) is 0.325. The number of hydrogen-bond donors (Lipinski definition) is 1. The molecular formula is C21H19ClN4O6. The Labute approximate surface area is 186 Å². The van der Waals surface area contributed by atoms with Crippen LogP contribution in [0.4, 0.5) is 11.4 Å². The SMILES string of the molecule is CCCn1nc(C(=O)OC(C)C(=O)Nc2cc([N+](=O)[O-])ccc2Cl)c2ccccc2c1=O. The van der Waals surface area contributed by atoms with E-state index >= 15 is 0 Å². The first-order chi connectivity index (χ1) is 15.2. The van der Waals surface area contributed by atoms with E-state index in [9.17, 15) is 24.5 Å². The molecule has 10 nitrogen and oxygen atoms in total. The molecule has 3 aromatic rings. The van der Waals surface area contributed by atoms with E-state index in [0.717, 1.165) is 6.07 Å². The predicted octanol–water partition coefficient (Wildman–Crippen LogP) is 3.55. The smallest absolute Gasteiger partial charge is 0.360 e. The molecule has 0 saturated carbocycles. The van der Waals surface area contributed by atoms with Gasteiger partial charge in [0.05, 0.1) is 21.0 Å². The molecule has 11 heteroatoms. The second-order valence-electron chi connectivity index (χ2n) is 6.88. The van der Waals surface area contributed by atoms with E-state index in [1.165, 1.54) is 23.7 Å². The third-order valence-electron chi connectivity index (χ3n) is 4.57. The van der Waals surface area contributed by atoms with Gasteiger partial charge in [0.15, 0.2) is 11.8 Å². The predicted molar refractivity (Wildman–Crippen MR) is 118 cm³/mol. The highest BCUT2D eigenvalue weighted by atomic mass is 35.5. The number of nitrogens with zero attached hydrogens (tertiary/aromatic N) is 3. The number of ether oxygens (including phenoxy) is 1. The molecule has 0 fully saturated rings. The van der Waals surface area contributed by atoms with Gasteiger partial charge in [0.25, 0.3) is 17.2 Å². The minimum atomic E-state index is -1.27. The highest BCUT2D eigenvalue weighted by molar-refractivity contribution is 6.33. The summed E-state index contributed by atoms with van der Waals surface area (Å²) in [6.07, 6.45) is -0.646. The number of carbonyl (C=O) groups is 2. The van der Waals surface area contributed by atoms with Crippen LogP contribution in [0.25, 0.3) is 10.8 Å². The first-order valence-corrected chi connectivity index (χ1v) is 10.1. The number of hydrogen-bond acceptors (Lipinski definition) is 7. The molecule has 3 rings (SSSR count). The summed E-state index contributed by atoms with van der Waals surface area (Å²) in [6.45, 7) is 3.51. The summed E-state index contributed by atoms with van der Waals surface area (Å²) in [6, 6.07) is 10.1. The minimum Gasteiger partial charge on any atom is -0.448 e. The number of nitro groups is 1. The fourth-order valence-corrected chi connectivity index (χ4v) is 3.14. The molecule has 0 aliphatic heterocycles. The Hall–Kier alpha value is -3.79. The largest absolute Gasteiger partial charge is 0.448 e. The van der Waals surface area contributed by atoms with Gasteiger partial charge >= 0.3 is 5.97 Å².